The second-order valence-corrected chi connectivity index (χ2v) is 9.00. The average molecular weight is 493 g/mol. The smallest absolute Gasteiger partial charge is 0.261 e. The molecule has 6 nitrogen and oxygen atoms in total. The summed E-state index contributed by atoms with van der Waals surface area (Å²) in [6.07, 6.45) is 5.31. The summed E-state index contributed by atoms with van der Waals surface area (Å²) in [5.74, 6) is 0.413. The van der Waals surface area contributed by atoms with Crippen molar-refractivity contribution in [1.82, 2.24) is 10.2 Å². The molecule has 0 aromatic heterocycles. The van der Waals surface area contributed by atoms with Crippen molar-refractivity contribution in [2.45, 2.75) is 57.7 Å². The van der Waals surface area contributed by atoms with Gasteiger partial charge in [0.2, 0.25) is 5.91 Å². The first-order valence-electron chi connectivity index (χ1n) is 11.2. The van der Waals surface area contributed by atoms with Gasteiger partial charge in [0.15, 0.2) is 18.1 Å². The van der Waals surface area contributed by atoms with Gasteiger partial charge in [-0.3, -0.25) is 9.59 Å². The van der Waals surface area contributed by atoms with E-state index in [4.69, 9.17) is 32.7 Å². The van der Waals surface area contributed by atoms with E-state index in [2.05, 4.69) is 5.32 Å². The first-order valence-corrected chi connectivity index (χ1v) is 11.9. The number of hydrogen-bond acceptors (Lipinski definition) is 4. The van der Waals surface area contributed by atoms with Crippen LogP contribution in [0.25, 0.3) is 0 Å². The van der Waals surface area contributed by atoms with E-state index in [1.807, 2.05) is 6.07 Å². The van der Waals surface area contributed by atoms with Gasteiger partial charge in [-0.1, -0.05) is 60.7 Å². The Morgan fingerprint density at radius 1 is 1.03 bits per heavy atom. The first-order chi connectivity index (χ1) is 15.9. The summed E-state index contributed by atoms with van der Waals surface area (Å²) in [4.78, 5) is 27.8. The minimum atomic E-state index is -0.729. The third-order valence-corrected chi connectivity index (χ3v) is 6.64. The lowest BCUT2D eigenvalue weighted by Gasteiger charge is -2.31. The molecule has 0 spiro atoms. The van der Waals surface area contributed by atoms with Gasteiger partial charge in [-0.25, -0.2) is 0 Å². The van der Waals surface area contributed by atoms with Gasteiger partial charge in [-0.05, 0) is 44.0 Å². The minimum absolute atomic E-state index is 0.0892. The molecule has 2 aromatic rings. The van der Waals surface area contributed by atoms with Crippen LogP contribution in [0.5, 0.6) is 11.5 Å². The lowest BCUT2D eigenvalue weighted by molar-refractivity contribution is -0.142. The minimum Gasteiger partial charge on any atom is -0.493 e. The van der Waals surface area contributed by atoms with Gasteiger partial charge in [0.25, 0.3) is 5.91 Å². The zero-order chi connectivity index (χ0) is 23.8. The van der Waals surface area contributed by atoms with E-state index in [1.54, 1.807) is 43.3 Å². The Morgan fingerprint density at radius 3 is 2.30 bits per heavy atom. The largest absolute Gasteiger partial charge is 0.493 e. The number of ether oxygens (including phenoxy) is 2. The molecule has 1 N–H and O–H groups in total. The van der Waals surface area contributed by atoms with Crippen molar-refractivity contribution in [3.8, 4) is 11.5 Å². The Bertz CT molecular complexity index is 943. The normalized spacial score (nSPS) is 14.9. The maximum Gasteiger partial charge on any atom is 0.261 e. The number of rotatable bonds is 9. The van der Waals surface area contributed by atoms with Gasteiger partial charge in [-0.15, -0.1) is 0 Å². The van der Waals surface area contributed by atoms with E-state index in [0.29, 0.717) is 27.1 Å². The van der Waals surface area contributed by atoms with Crippen LogP contribution in [0.1, 0.15) is 44.6 Å². The molecule has 0 aliphatic heterocycles. The van der Waals surface area contributed by atoms with Gasteiger partial charge in [-0.2, -0.15) is 0 Å². The second-order valence-electron chi connectivity index (χ2n) is 8.18. The van der Waals surface area contributed by atoms with Crippen LogP contribution < -0.4 is 14.8 Å². The Labute approximate surface area is 205 Å². The van der Waals surface area contributed by atoms with Crippen LogP contribution in [0.4, 0.5) is 0 Å². The molecule has 3 rings (SSSR count). The van der Waals surface area contributed by atoms with Gasteiger partial charge in [0.1, 0.15) is 6.04 Å². The number of para-hydroxylation sites is 2. The predicted octanol–water partition coefficient (Wildman–Crippen LogP) is 5.25. The van der Waals surface area contributed by atoms with E-state index in [0.717, 1.165) is 25.7 Å². The fraction of sp³-hybridized carbons (Fsp3) is 0.440. The fourth-order valence-corrected chi connectivity index (χ4v) is 4.48. The van der Waals surface area contributed by atoms with Crippen molar-refractivity contribution in [2.75, 3.05) is 13.7 Å². The predicted molar refractivity (Wildman–Crippen MR) is 130 cm³/mol. The van der Waals surface area contributed by atoms with E-state index >= 15 is 0 Å². The van der Waals surface area contributed by atoms with Gasteiger partial charge in [0, 0.05) is 28.2 Å². The quantitative estimate of drug-likeness (QED) is 0.519. The van der Waals surface area contributed by atoms with E-state index < -0.39 is 6.04 Å². The third-order valence-electron chi connectivity index (χ3n) is 5.93. The topological polar surface area (TPSA) is 67.9 Å². The summed E-state index contributed by atoms with van der Waals surface area (Å²) >= 11 is 12.7. The third kappa shape index (κ3) is 6.78. The highest BCUT2D eigenvalue weighted by Gasteiger charge is 2.29. The summed E-state index contributed by atoms with van der Waals surface area (Å²) in [5.41, 5.74) is 0.587. The summed E-state index contributed by atoms with van der Waals surface area (Å²) in [6, 6.07) is 11.7. The Balaban J connectivity index is 1.77. The molecule has 1 fully saturated rings. The van der Waals surface area contributed by atoms with E-state index in [9.17, 15) is 9.59 Å². The summed E-state index contributed by atoms with van der Waals surface area (Å²) in [6.45, 7) is 1.54. The average Bonchev–Trinajstić information content (AvgIpc) is 2.82. The van der Waals surface area contributed by atoms with Crippen LogP contribution in [-0.4, -0.2) is 42.5 Å². The fourth-order valence-electron chi connectivity index (χ4n) is 3.97. The van der Waals surface area contributed by atoms with Crippen molar-refractivity contribution in [1.29, 1.82) is 0 Å². The SMILES string of the molecule is COc1ccccc1OCC(=O)N(Cc1c(Cl)cccc1Cl)C(C)C(=O)NC1CCCCC1. The number of carbonyl (C=O) groups is 2. The zero-order valence-corrected chi connectivity index (χ0v) is 20.5. The van der Waals surface area contributed by atoms with Crippen molar-refractivity contribution >= 4 is 35.0 Å². The second kappa shape index (κ2) is 12.1. The van der Waals surface area contributed by atoms with Crippen LogP contribution in [0.2, 0.25) is 10.0 Å². The maximum atomic E-state index is 13.3. The molecule has 178 valence electrons. The number of methoxy groups -OCH3 is 1. The Kier molecular flexibility index (Phi) is 9.27. The summed E-state index contributed by atoms with van der Waals surface area (Å²) in [5, 5.41) is 3.97. The number of benzene rings is 2. The molecule has 0 saturated heterocycles. The number of carbonyl (C=O) groups excluding carboxylic acids is 2. The van der Waals surface area contributed by atoms with Crippen LogP contribution in [-0.2, 0) is 16.1 Å². The van der Waals surface area contributed by atoms with Crippen molar-refractivity contribution < 1.29 is 19.1 Å². The molecule has 2 aromatic carbocycles. The van der Waals surface area contributed by atoms with Gasteiger partial charge < -0.3 is 19.7 Å². The molecule has 8 heteroatoms. The summed E-state index contributed by atoms with van der Waals surface area (Å²) < 4.78 is 11.0. The number of halogens is 2. The van der Waals surface area contributed by atoms with Crippen LogP contribution in [0.3, 0.4) is 0 Å². The number of nitrogens with one attached hydrogen (secondary N) is 1. The highest BCUT2D eigenvalue weighted by molar-refractivity contribution is 6.36. The van der Waals surface area contributed by atoms with Crippen LogP contribution >= 0.6 is 23.2 Å². The summed E-state index contributed by atoms with van der Waals surface area (Å²) in [7, 11) is 1.54. The molecule has 1 aliphatic carbocycles. The van der Waals surface area contributed by atoms with Crippen LogP contribution in [0, 0.1) is 0 Å². The van der Waals surface area contributed by atoms with Gasteiger partial charge in [0.05, 0.1) is 7.11 Å². The van der Waals surface area contributed by atoms with E-state index in [1.165, 1.54) is 18.4 Å². The molecular formula is C25H30Cl2N2O4. The maximum absolute atomic E-state index is 13.3. The lowest BCUT2D eigenvalue weighted by Crippen LogP contribution is -2.51. The number of nitrogens with zero attached hydrogens (tertiary/aromatic N) is 1. The van der Waals surface area contributed by atoms with Crippen molar-refractivity contribution in [2.24, 2.45) is 0 Å². The molecule has 1 saturated carbocycles. The van der Waals surface area contributed by atoms with Crippen LogP contribution in [0.15, 0.2) is 42.5 Å². The standard InChI is InChI=1S/C25H30Cl2N2O4/c1-17(25(31)28-18-9-4-3-5-10-18)29(15-19-20(26)11-8-12-21(19)27)24(30)16-33-23-14-7-6-13-22(23)32-2/h6-8,11-14,17-18H,3-5,9-10,15-16H2,1-2H3,(H,28,31). The van der Waals surface area contributed by atoms with Gasteiger partial charge >= 0.3 is 0 Å². The highest BCUT2D eigenvalue weighted by Crippen LogP contribution is 2.28. The Hall–Kier alpha value is -2.44. The molecule has 2 amide bonds. The van der Waals surface area contributed by atoms with Crippen molar-refractivity contribution in [3.63, 3.8) is 0 Å². The molecule has 33 heavy (non-hydrogen) atoms. The molecule has 1 atom stereocenters. The molecular weight excluding hydrogens is 463 g/mol. The zero-order valence-electron chi connectivity index (χ0n) is 19.0. The number of amides is 2. The molecule has 1 unspecified atom stereocenters. The van der Waals surface area contributed by atoms with E-state index in [-0.39, 0.29) is 31.0 Å². The molecule has 1 aliphatic rings. The lowest BCUT2D eigenvalue weighted by atomic mass is 9.95. The molecule has 0 heterocycles. The highest BCUT2D eigenvalue weighted by atomic mass is 35.5. The molecule has 0 radical (unpaired) electrons. The Morgan fingerprint density at radius 2 is 1.67 bits per heavy atom. The van der Waals surface area contributed by atoms with Crippen molar-refractivity contribution in [3.05, 3.63) is 58.1 Å². The molecule has 0 bridgehead atoms. The monoisotopic (exact) mass is 492 g/mol. The number of hydrogen-bond donors (Lipinski definition) is 1. The first kappa shape index (κ1) is 25.2.